The summed E-state index contributed by atoms with van der Waals surface area (Å²) in [6.45, 7) is 1.98. The molecule has 0 unspecified atom stereocenters. The number of nitrogens with one attached hydrogen (secondary N) is 3. The predicted molar refractivity (Wildman–Crippen MR) is 143 cm³/mol. The lowest BCUT2D eigenvalue weighted by Gasteiger charge is -2.29. The molecule has 1 aliphatic rings. The zero-order valence-electron chi connectivity index (χ0n) is 20.3. The molecule has 1 atom stereocenters. The number of hydrogen-bond acceptors (Lipinski definition) is 3. The van der Waals surface area contributed by atoms with E-state index in [1.165, 1.54) is 0 Å². The van der Waals surface area contributed by atoms with Crippen molar-refractivity contribution >= 4 is 26.8 Å². The fourth-order valence-electron chi connectivity index (χ4n) is 4.96. The zero-order valence-corrected chi connectivity index (χ0v) is 21.1. The van der Waals surface area contributed by atoms with E-state index >= 15 is 0 Å². The van der Waals surface area contributed by atoms with Crippen LogP contribution in [0.15, 0.2) is 89.8 Å². The van der Waals surface area contributed by atoms with Gasteiger partial charge in [0.1, 0.15) is 0 Å². The van der Waals surface area contributed by atoms with E-state index in [0.29, 0.717) is 25.7 Å². The molecule has 1 heterocycles. The lowest BCUT2D eigenvalue weighted by atomic mass is 9.85. The lowest BCUT2D eigenvalue weighted by molar-refractivity contribution is -0.126. The van der Waals surface area contributed by atoms with E-state index in [9.17, 15) is 13.2 Å². The van der Waals surface area contributed by atoms with Crippen molar-refractivity contribution in [1.29, 1.82) is 0 Å². The fraction of sp³-hybridized carbons (Fsp3) is 0.276. The standard InChI is InChI=1S/C29H31N3O3S/c1-20(21-8-4-2-5-9-21)30-29(33)23-12-15-25(16-13-23)32-36(34,35)26-17-14-24-18-27(31-28(24)19-26)22-10-6-3-7-11-22/h2-11,14,17-20,23,25,31-32H,12-13,15-16H2,1H3,(H,30,33)/t20-,23?,25?/m1/s1. The van der Waals surface area contributed by atoms with Gasteiger partial charge in [-0.3, -0.25) is 4.79 Å². The molecule has 1 saturated carbocycles. The van der Waals surface area contributed by atoms with Crippen molar-refractivity contribution < 1.29 is 13.2 Å². The van der Waals surface area contributed by atoms with Crippen LogP contribution in [0.4, 0.5) is 0 Å². The van der Waals surface area contributed by atoms with E-state index in [1.807, 2.05) is 79.7 Å². The molecule has 0 bridgehead atoms. The van der Waals surface area contributed by atoms with Crippen LogP contribution in [-0.4, -0.2) is 25.4 Å². The summed E-state index contributed by atoms with van der Waals surface area (Å²) in [4.78, 5) is 16.4. The number of carbonyl (C=O) groups excluding carboxylic acids is 1. The van der Waals surface area contributed by atoms with Gasteiger partial charge in [-0.1, -0.05) is 66.7 Å². The summed E-state index contributed by atoms with van der Waals surface area (Å²) in [7, 11) is -3.67. The topological polar surface area (TPSA) is 91.1 Å². The van der Waals surface area contributed by atoms with Crippen LogP contribution in [0.1, 0.15) is 44.2 Å². The molecule has 1 aliphatic carbocycles. The molecule has 5 rings (SSSR count). The van der Waals surface area contributed by atoms with Crippen molar-refractivity contribution in [2.24, 2.45) is 5.92 Å². The zero-order chi connectivity index (χ0) is 25.1. The third-order valence-electron chi connectivity index (χ3n) is 7.07. The Morgan fingerprint density at radius 3 is 2.25 bits per heavy atom. The van der Waals surface area contributed by atoms with Crippen molar-refractivity contribution in [3.8, 4) is 11.3 Å². The molecule has 3 aromatic carbocycles. The van der Waals surface area contributed by atoms with Crippen molar-refractivity contribution in [2.75, 3.05) is 0 Å². The summed E-state index contributed by atoms with van der Waals surface area (Å²) in [5.41, 5.74) is 3.85. The number of aromatic amines is 1. The van der Waals surface area contributed by atoms with Crippen LogP contribution in [0, 0.1) is 5.92 Å². The Labute approximate surface area is 212 Å². The molecule has 1 amide bonds. The molecule has 6 nitrogen and oxygen atoms in total. The third kappa shape index (κ3) is 5.37. The first-order valence-corrected chi connectivity index (χ1v) is 13.9. The molecule has 0 spiro atoms. The minimum atomic E-state index is -3.67. The second-order valence-corrected chi connectivity index (χ2v) is 11.3. The summed E-state index contributed by atoms with van der Waals surface area (Å²) >= 11 is 0. The Hall–Kier alpha value is -3.42. The van der Waals surface area contributed by atoms with Crippen molar-refractivity contribution in [3.63, 3.8) is 0 Å². The van der Waals surface area contributed by atoms with Crippen LogP contribution < -0.4 is 10.0 Å². The molecule has 0 radical (unpaired) electrons. The Kier molecular flexibility index (Phi) is 6.94. The number of aromatic nitrogens is 1. The molecule has 186 valence electrons. The number of amides is 1. The largest absolute Gasteiger partial charge is 0.354 e. The normalized spacial score (nSPS) is 19.1. The summed E-state index contributed by atoms with van der Waals surface area (Å²) in [5, 5.41) is 4.07. The van der Waals surface area contributed by atoms with Crippen molar-refractivity contribution in [3.05, 3.63) is 90.5 Å². The van der Waals surface area contributed by atoms with E-state index in [2.05, 4.69) is 15.0 Å². The van der Waals surface area contributed by atoms with Gasteiger partial charge in [0.15, 0.2) is 0 Å². The van der Waals surface area contributed by atoms with Gasteiger partial charge in [-0.25, -0.2) is 13.1 Å². The van der Waals surface area contributed by atoms with Crippen LogP contribution in [0.5, 0.6) is 0 Å². The SMILES string of the molecule is C[C@@H](NC(=O)C1CCC(NS(=O)(=O)c2ccc3cc(-c4ccccc4)[nH]c3c2)CC1)c1ccccc1. The summed E-state index contributed by atoms with van der Waals surface area (Å²) in [6, 6.07) is 26.8. The summed E-state index contributed by atoms with van der Waals surface area (Å²) < 4.78 is 29.1. The number of rotatable bonds is 7. The minimum absolute atomic E-state index is 0.0408. The van der Waals surface area contributed by atoms with Gasteiger partial charge in [0.25, 0.3) is 0 Å². The van der Waals surface area contributed by atoms with Crippen LogP contribution in [-0.2, 0) is 14.8 Å². The van der Waals surface area contributed by atoms with Gasteiger partial charge in [-0.2, -0.15) is 0 Å². The number of benzene rings is 3. The highest BCUT2D eigenvalue weighted by Crippen LogP contribution is 2.29. The second-order valence-electron chi connectivity index (χ2n) is 9.61. The van der Waals surface area contributed by atoms with Gasteiger partial charge >= 0.3 is 0 Å². The van der Waals surface area contributed by atoms with Crippen LogP contribution in [0.2, 0.25) is 0 Å². The Morgan fingerprint density at radius 2 is 1.56 bits per heavy atom. The first-order chi connectivity index (χ1) is 17.4. The second kappa shape index (κ2) is 10.3. The first-order valence-electron chi connectivity index (χ1n) is 12.4. The maximum atomic E-state index is 13.1. The number of H-pyrrole nitrogens is 1. The molecular formula is C29H31N3O3S. The number of fused-ring (bicyclic) bond motifs is 1. The molecule has 1 fully saturated rings. The van der Waals surface area contributed by atoms with Gasteiger partial charge in [0.2, 0.25) is 15.9 Å². The Balaban J connectivity index is 1.20. The highest BCUT2D eigenvalue weighted by molar-refractivity contribution is 7.89. The highest BCUT2D eigenvalue weighted by atomic mass is 32.2. The molecule has 4 aromatic rings. The Bertz CT molecular complexity index is 1440. The van der Waals surface area contributed by atoms with E-state index in [4.69, 9.17) is 0 Å². The number of carbonyl (C=O) groups is 1. The summed E-state index contributed by atoms with van der Waals surface area (Å²) in [5.74, 6) is -0.0531. The van der Waals surface area contributed by atoms with Crippen LogP contribution in [0.25, 0.3) is 22.2 Å². The molecule has 1 aromatic heterocycles. The van der Waals surface area contributed by atoms with E-state index in [1.54, 1.807) is 12.1 Å². The van der Waals surface area contributed by atoms with E-state index in [-0.39, 0.29) is 28.8 Å². The van der Waals surface area contributed by atoms with Crippen molar-refractivity contribution in [1.82, 2.24) is 15.0 Å². The maximum Gasteiger partial charge on any atom is 0.240 e. The molecular weight excluding hydrogens is 470 g/mol. The van der Waals surface area contributed by atoms with Gasteiger partial charge < -0.3 is 10.3 Å². The van der Waals surface area contributed by atoms with Gasteiger partial charge in [-0.05, 0) is 61.9 Å². The fourth-order valence-corrected chi connectivity index (χ4v) is 6.29. The van der Waals surface area contributed by atoms with Gasteiger partial charge in [-0.15, -0.1) is 0 Å². The molecule has 0 saturated heterocycles. The molecule has 36 heavy (non-hydrogen) atoms. The van der Waals surface area contributed by atoms with Crippen molar-refractivity contribution in [2.45, 2.75) is 49.6 Å². The van der Waals surface area contributed by atoms with Crippen LogP contribution in [0.3, 0.4) is 0 Å². The predicted octanol–water partition coefficient (Wildman–Crippen LogP) is 5.55. The monoisotopic (exact) mass is 501 g/mol. The smallest absolute Gasteiger partial charge is 0.240 e. The first kappa shape index (κ1) is 24.3. The average molecular weight is 502 g/mol. The minimum Gasteiger partial charge on any atom is -0.354 e. The average Bonchev–Trinajstić information content (AvgIpc) is 3.33. The Morgan fingerprint density at radius 1 is 0.889 bits per heavy atom. The molecule has 0 aliphatic heterocycles. The molecule has 3 N–H and O–H groups in total. The molecule has 7 heteroatoms. The number of sulfonamides is 1. The quantitative estimate of drug-likeness (QED) is 0.310. The lowest BCUT2D eigenvalue weighted by Crippen LogP contribution is -2.41. The van der Waals surface area contributed by atoms with E-state index in [0.717, 1.165) is 27.7 Å². The van der Waals surface area contributed by atoms with Gasteiger partial charge in [0.05, 0.1) is 10.9 Å². The van der Waals surface area contributed by atoms with Crippen LogP contribution >= 0.6 is 0 Å². The maximum absolute atomic E-state index is 13.1. The number of hydrogen-bond donors (Lipinski definition) is 3. The van der Waals surface area contributed by atoms with E-state index < -0.39 is 10.0 Å². The third-order valence-corrected chi connectivity index (χ3v) is 8.59. The summed E-state index contributed by atoms with van der Waals surface area (Å²) in [6.07, 6.45) is 2.60. The van der Waals surface area contributed by atoms with Gasteiger partial charge in [0, 0.05) is 28.6 Å². The highest BCUT2D eigenvalue weighted by Gasteiger charge is 2.30.